The topological polar surface area (TPSA) is 70.7 Å². The number of benzene rings is 2. The molecule has 1 fully saturated rings. The number of carbonyl (C=O) groups is 2. The quantitative estimate of drug-likeness (QED) is 0.716. The highest BCUT2D eigenvalue weighted by Gasteiger charge is 2.24. The summed E-state index contributed by atoms with van der Waals surface area (Å²) >= 11 is 0. The Morgan fingerprint density at radius 3 is 2.57 bits per heavy atom. The van der Waals surface area contributed by atoms with Crippen LogP contribution in [-0.2, 0) is 11.3 Å². The SMILES string of the molecule is COc1ccc(CNC(=O)CC[C@@H]2CCCN(C(=O)Nc3ccc(F)cc3)C2)cc1. The van der Waals surface area contributed by atoms with Gasteiger partial charge in [-0.15, -0.1) is 0 Å². The molecule has 0 saturated carbocycles. The summed E-state index contributed by atoms with van der Waals surface area (Å²) < 4.78 is 18.1. The largest absolute Gasteiger partial charge is 0.497 e. The van der Waals surface area contributed by atoms with Crippen LogP contribution in [0, 0.1) is 11.7 Å². The Bertz CT molecular complexity index is 840. The van der Waals surface area contributed by atoms with Gasteiger partial charge < -0.3 is 20.3 Å². The molecule has 0 aromatic heterocycles. The van der Waals surface area contributed by atoms with E-state index in [-0.39, 0.29) is 17.8 Å². The van der Waals surface area contributed by atoms with Crippen molar-refractivity contribution in [2.45, 2.75) is 32.2 Å². The van der Waals surface area contributed by atoms with E-state index in [1.807, 2.05) is 24.3 Å². The normalized spacial score (nSPS) is 16.1. The lowest BCUT2D eigenvalue weighted by Gasteiger charge is -2.32. The molecule has 1 saturated heterocycles. The second kappa shape index (κ2) is 10.6. The fourth-order valence-electron chi connectivity index (χ4n) is 3.59. The number of urea groups is 1. The zero-order valence-electron chi connectivity index (χ0n) is 17.2. The minimum absolute atomic E-state index is 0.0127. The molecule has 2 aromatic rings. The molecule has 3 amide bonds. The summed E-state index contributed by atoms with van der Waals surface area (Å²) in [6.07, 6.45) is 3.10. The van der Waals surface area contributed by atoms with Crippen molar-refractivity contribution in [3.63, 3.8) is 0 Å². The molecule has 0 bridgehead atoms. The lowest BCUT2D eigenvalue weighted by atomic mass is 9.93. The molecular formula is C23H28FN3O3. The Kier molecular flexibility index (Phi) is 7.65. The highest BCUT2D eigenvalue weighted by Crippen LogP contribution is 2.22. The molecule has 0 radical (unpaired) electrons. The van der Waals surface area contributed by atoms with Gasteiger partial charge in [-0.2, -0.15) is 0 Å². The molecule has 30 heavy (non-hydrogen) atoms. The van der Waals surface area contributed by atoms with Gasteiger partial charge in [0.25, 0.3) is 0 Å². The van der Waals surface area contributed by atoms with Gasteiger partial charge in [0.15, 0.2) is 0 Å². The van der Waals surface area contributed by atoms with Crippen molar-refractivity contribution in [2.24, 2.45) is 5.92 Å². The van der Waals surface area contributed by atoms with Gasteiger partial charge >= 0.3 is 6.03 Å². The van der Waals surface area contributed by atoms with Crippen molar-refractivity contribution in [3.05, 3.63) is 59.9 Å². The second-order valence-electron chi connectivity index (χ2n) is 7.55. The first-order valence-electron chi connectivity index (χ1n) is 10.2. The zero-order chi connectivity index (χ0) is 21.3. The van der Waals surface area contributed by atoms with Crippen LogP contribution < -0.4 is 15.4 Å². The second-order valence-corrected chi connectivity index (χ2v) is 7.55. The lowest BCUT2D eigenvalue weighted by molar-refractivity contribution is -0.121. The Hall–Kier alpha value is -3.09. The summed E-state index contributed by atoms with van der Waals surface area (Å²) in [4.78, 5) is 26.5. The van der Waals surface area contributed by atoms with Crippen molar-refractivity contribution in [3.8, 4) is 5.75 Å². The molecule has 1 heterocycles. The van der Waals surface area contributed by atoms with Gasteiger partial charge in [0.2, 0.25) is 5.91 Å². The Morgan fingerprint density at radius 1 is 1.13 bits per heavy atom. The van der Waals surface area contributed by atoms with E-state index in [0.29, 0.717) is 37.7 Å². The van der Waals surface area contributed by atoms with Gasteiger partial charge in [-0.1, -0.05) is 12.1 Å². The van der Waals surface area contributed by atoms with E-state index < -0.39 is 0 Å². The van der Waals surface area contributed by atoms with Crippen molar-refractivity contribution in [2.75, 3.05) is 25.5 Å². The fourth-order valence-corrected chi connectivity index (χ4v) is 3.59. The van der Waals surface area contributed by atoms with E-state index in [1.54, 1.807) is 24.1 Å². The van der Waals surface area contributed by atoms with Gasteiger partial charge in [0.1, 0.15) is 11.6 Å². The Balaban J connectivity index is 1.40. The number of hydrogen-bond acceptors (Lipinski definition) is 3. The molecule has 2 N–H and O–H groups in total. The molecule has 160 valence electrons. The van der Waals surface area contributed by atoms with Gasteiger partial charge in [0, 0.05) is 31.7 Å². The molecule has 0 aliphatic carbocycles. The number of rotatable bonds is 7. The first-order chi connectivity index (χ1) is 14.5. The van der Waals surface area contributed by atoms with Gasteiger partial charge in [-0.3, -0.25) is 4.79 Å². The minimum atomic E-state index is -0.337. The summed E-state index contributed by atoms with van der Waals surface area (Å²) in [5.41, 5.74) is 1.59. The number of hydrogen-bond donors (Lipinski definition) is 2. The van der Waals surface area contributed by atoms with Crippen LogP contribution in [0.5, 0.6) is 5.75 Å². The van der Waals surface area contributed by atoms with E-state index in [1.165, 1.54) is 12.1 Å². The number of amides is 3. The predicted octanol–water partition coefficient (Wildman–Crippen LogP) is 4.17. The summed E-state index contributed by atoms with van der Waals surface area (Å²) in [5, 5.41) is 5.75. The van der Waals surface area contributed by atoms with Crippen molar-refractivity contribution < 1.29 is 18.7 Å². The molecule has 0 unspecified atom stereocenters. The molecule has 0 spiro atoms. The number of halogens is 1. The fraction of sp³-hybridized carbons (Fsp3) is 0.391. The van der Waals surface area contributed by atoms with Gasteiger partial charge in [-0.25, -0.2) is 9.18 Å². The first-order valence-corrected chi connectivity index (χ1v) is 10.2. The average molecular weight is 413 g/mol. The summed E-state index contributed by atoms with van der Waals surface area (Å²) in [7, 11) is 1.62. The van der Waals surface area contributed by atoms with Crippen molar-refractivity contribution >= 4 is 17.6 Å². The highest BCUT2D eigenvalue weighted by atomic mass is 19.1. The van der Waals surface area contributed by atoms with Crippen LogP contribution >= 0.6 is 0 Å². The van der Waals surface area contributed by atoms with Crippen LogP contribution in [0.25, 0.3) is 0 Å². The summed E-state index contributed by atoms with van der Waals surface area (Å²) in [5.74, 6) is 0.759. The van der Waals surface area contributed by atoms with Crippen LogP contribution in [0.15, 0.2) is 48.5 Å². The third kappa shape index (κ3) is 6.47. The van der Waals surface area contributed by atoms with Crippen molar-refractivity contribution in [1.82, 2.24) is 10.2 Å². The van der Waals surface area contributed by atoms with E-state index in [2.05, 4.69) is 10.6 Å². The van der Waals surface area contributed by atoms with E-state index in [4.69, 9.17) is 4.74 Å². The number of nitrogens with zero attached hydrogens (tertiary/aromatic N) is 1. The average Bonchev–Trinajstić information content (AvgIpc) is 2.78. The number of carbonyl (C=O) groups excluding carboxylic acids is 2. The lowest BCUT2D eigenvalue weighted by Crippen LogP contribution is -2.42. The van der Waals surface area contributed by atoms with E-state index in [0.717, 1.165) is 30.6 Å². The maximum absolute atomic E-state index is 13.0. The number of anilines is 1. The molecule has 1 atom stereocenters. The molecule has 7 heteroatoms. The van der Waals surface area contributed by atoms with Crippen LogP contribution in [0.2, 0.25) is 0 Å². The van der Waals surface area contributed by atoms with Crippen LogP contribution in [0.1, 0.15) is 31.2 Å². The maximum Gasteiger partial charge on any atom is 0.321 e. The molecule has 1 aliphatic rings. The Morgan fingerprint density at radius 2 is 1.87 bits per heavy atom. The molecule has 3 rings (SSSR count). The van der Waals surface area contributed by atoms with Crippen molar-refractivity contribution in [1.29, 1.82) is 0 Å². The molecular weight excluding hydrogens is 385 g/mol. The van der Waals surface area contributed by atoms with Crippen LogP contribution in [-0.4, -0.2) is 37.0 Å². The monoisotopic (exact) mass is 413 g/mol. The summed E-state index contributed by atoms with van der Waals surface area (Å²) in [6, 6.07) is 13.1. The number of methoxy groups -OCH3 is 1. The number of piperidine rings is 1. The van der Waals surface area contributed by atoms with Gasteiger partial charge in [-0.05, 0) is 67.1 Å². The van der Waals surface area contributed by atoms with Crippen LogP contribution in [0.3, 0.4) is 0 Å². The molecule has 2 aromatic carbocycles. The van der Waals surface area contributed by atoms with E-state index in [9.17, 15) is 14.0 Å². The van der Waals surface area contributed by atoms with Crippen LogP contribution in [0.4, 0.5) is 14.9 Å². The third-order valence-electron chi connectivity index (χ3n) is 5.33. The highest BCUT2D eigenvalue weighted by molar-refractivity contribution is 5.89. The van der Waals surface area contributed by atoms with E-state index >= 15 is 0 Å². The number of ether oxygens (including phenoxy) is 1. The maximum atomic E-state index is 13.0. The first kappa shape index (κ1) is 21.6. The predicted molar refractivity (Wildman–Crippen MR) is 114 cm³/mol. The Labute approximate surface area is 176 Å². The number of likely N-dealkylation sites (tertiary alicyclic amines) is 1. The smallest absolute Gasteiger partial charge is 0.321 e. The zero-order valence-corrected chi connectivity index (χ0v) is 17.2. The molecule has 1 aliphatic heterocycles. The number of nitrogens with one attached hydrogen (secondary N) is 2. The third-order valence-corrected chi connectivity index (χ3v) is 5.33. The standard InChI is InChI=1S/C23H28FN3O3/c1-30-21-11-4-17(5-12-21)15-25-22(28)13-6-18-3-2-14-27(16-18)23(29)26-20-9-7-19(24)8-10-20/h4-5,7-12,18H,2-3,6,13-16H2,1H3,(H,25,28)(H,26,29)/t18-/m0/s1. The van der Waals surface area contributed by atoms with Gasteiger partial charge in [0.05, 0.1) is 7.11 Å². The summed E-state index contributed by atoms with van der Waals surface area (Å²) in [6.45, 7) is 1.80. The molecule has 6 nitrogen and oxygen atoms in total. The minimum Gasteiger partial charge on any atom is -0.497 e.